The maximum Gasteiger partial charge on any atom is 0.247 e. The van der Waals surface area contributed by atoms with Crippen LogP contribution in [0.25, 0.3) is 0 Å². The van der Waals surface area contributed by atoms with Gasteiger partial charge in [-0.15, -0.1) is 0 Å². The lowest BCUT2D eigenvalue weighted by atomic mass is 9.87. The molecule has 0 spiro atoms. The summed E-state index contributed by atoms with van der Waals surface area (Å²) in [5.74, 6) is -0.0916. The van der Waals surface area contributed by atoms with Crippen molar-refractivity contribution >= 4 is 17.9 Å². The molecule has 2 unspecified atom stereocenters. The summed E-state index contributed by atoms with van der Waals surface area (Å²) in [6.07, 6.45) is 8.35. The maximum atomic E-state index is 13.1. The first-order valence-corrected chi connectivity index (χ1v) is 12.4. The van der Waals surface area contributed by atoms with E-state index in [1.54, 1.807) is 18.6 Å². The van der Waals surface area contributed by atoms with E-state index >= 15 is 0 Å². The van der Waals surface area contributed by atoms with Crippen molar-refractivity contribution in [3.05, 3.63) is 90.0 Å². The number of anilines is 1. The average Bonchev–Trinajstić information content (AvgIpc) is 3.43. The van der Waals surface area contributed by atoms with E-state index in [2.05, 4.69) is 65.6 Å². The van der Waals surface area contributed by atoms with Gasteiger partial charge in [0, 0.05) is 36.9 Å². The molecule has 2 N–H and O–H groups in total. The minimum absolute atomic E-state index is 0.0832. The molecular formula is C29H37N5O2. The van der Waals surface area contributed by atoms with Crippen molar-refractivity contribution in [2.45, 2.75) is 57.7 Å². The Morgan fingerprint density at radius 3 is 2.44 bits per heavy atom. The lowest BCUT2D eigenvalue weighted by molar-refractivity contribution is -0.122. The van der Waals surface area contributed by atoms with Crippen LogP contribution >= 0.6 is 0 Å². The molecule has 36 heavy (non-hydrogen) atoms. The molecule has 1 aromatic carbocycles. The number of pyridine rings is 2. The molecule has 1 fully saturated rings. The third-order valence-corrected chi connectivity index (χ3v) is 6.21. The second-order valence-corrected chi connectivity index (χ2v) is 9.97. The zero-order chi connectivity index (χ0) is 26.0. The van der Waals surface area contributed by atoms with Gasteiger partial charge in [-0.3, -0.25) is 14.8 Å². The normalized spacial score (nSPS) is 15.8. The highest BCUT2D eigenvalue weighted by molar-refractivity contribution is 5.86. The highest BCUT2D eigenvalue weighted by atomic mass is 16.2. The molecule has 3 aromatic rings. The van der Waals surface area contributed by atoms with Crippen LogP contribution in [0, 0.1) is 0 Å². The van der Waals surface area contributed by atoms with Gasteiger partial charge in [0.05, 0.1) is 18.3 Å². The molecule has 2 atom stereocenters. The summed E-state index contributed by atoms with van der Waals surface area (Å²) in [5, 5.41) is 6.05. The first-order chi connectivity index (χ1) is 17.3. The van der Waals surface area contributed by atoms with E-state index in [0.717, 1.165) is 42.6 Å². The quantitative estimate of drug-likeness (QED) is 0.486. The largest absolute Gasteiger partial charge is 0.359 e. The average molecular weight is 488 g/mol. The second-order valence-electron chi connectivity index (χ2n) is 9.97. The highest BCUT2D eigenvalue weighted by Crippen LogP contribution is 2.29. The number of rotatable bonds is 7. The van der Waals surface area contributed by atoms with Crippen molar-refractivity contribution in [3.63, 3.8) is 0 Å². The highest BCUT2D eigenvalue weighted by Gasteiger charge is 2.26. The molecule has 4 rings (SSSR count). The van der Waals surface area contributed by atoms with E-state index in [4.69, 9.17) is 0 Å². The molecule has 1 amide bonds. The zero-order valence-corrected chi connectivity index (χ0v) is 21.6. The first-order valence-electron chi connectivity index (χ1n) is 12.4. The van der Waals surface area contributed by atoms with Gasteiger partial charge >= 0.3 is 0 Å². The van der Waals surface area contributed by atoms with Gasteiger partial charge in [0.1, 0.15) is 12.3 Å². The fourth-order valence-corrected chi connectivity index (χ4v) is 4.04. The van der Waals surface area contributed by atoms with Crippen LogP contribution in [-0.2, 0) is 21.5 Å². The Morgan fingerprint density at radius 2 is 1.92 bits per heavy atom. The summed E-state index contributed by atoms with van der Waals surface area (Å²) in [5.41, 5.74) is 3.98. The van der Waals surface area contributed by atoms with E-state index in [9.17, 15) is 9.59 Å². The Bertz CT molecular complexity index is 1080. The number of nitrogens with zero attached hydrogens (tertiary/aromatic N) is 3. The van der Waals surface area contributed by atoms with Crippen LogP contribution in [0.5, 0.6) is 0 Å². The van der Waals surface area contributed by atoms with E-state index in [-0.39, 0.29) is 17.4 Å². The van der Waals surface area contributed by atoms with Crippen molar-refractivity contribution < 1.29 is 9.59 Å². The number of carbonyl (C=O) groups is 2. The molecule has 0 radical (unpaired) electrons. The number of likely N-dealkylation sites (N-methyl/N-ethyl adjacent to an activating group) is 1. The first kappa shape index (κ1) is 27.0. The van der Waals surface area contributed by atoms with Crippen LogP contribution in [0.2, 0.25) is 0 Å². The molecule has 1 saturated heterocycles. The summed E-state index contributed by atoms with van der Waals surface area (Å²) in [4.78, 5) is 33.6. The molecule has 7 nitrogen and oxygen atoms in total. The molecule has 0 saturated carbocycles. The molecule has 0 aliphatic carbocycles. The van der Waals surface area contributed by atoms with E-state index < -0.39 is 6.04 Å². The number of hydrogen-bond donors (Lipinski definition) is 2. The number of aromatic nitrogens is 2. The fourth-order valence-electron chi connectivity index (χ4n) is 4.04. The van der Waals surface area contributed by atoms with Crippen LogP contribution in [-0.4, -0.2) is 41.8 Å². The topological polar surface area (TPSA) is 87.2 Å². The van der Waals surface area contributed by atoms with Crippen LogP contribution < -0.4 is 15.5 Å². The number of hydrogen-bond acceptors (Lipinski definition) is 6. The fraction of sp³-hybridized carbons (Fsp3) is 0.379. The van der Waals surface area contributed by atoms with Crippen molar-refractivity contribution in [3.8, 4) is 0 Å². The Balaban J connectivity index is 0.000000444. The second kappa shape index (κ2) is 12.9. The number of benzene rings is 1. The Kier molecular flexibility index (Phi) is 9.70. The lowest BCUT2D eigenvalue weighted by Gasteiger charge is -2.30. The molecule has 3 heterocycles. The van der Waals surface area contributed by atoms with Gasteiger partial charge in [-0.1, -0.05) is 45.0 Å². The van der Waals surface area contributed by atoms with Gasteiger partial charge in [-0.25, -0.2) is 0 Å². The number of nitrogens with one attached hydrogen (secondary N) is 2. The van der Waals surface area contributed by atoms with Gasteiger partial charge in [0.2, 0.25) is 5.91 Å². The minimum Gasteiger partial charge on any atom is -0.359 e. The molecule has 190 valence electrons. The predicted molar refractivity (Wildman–Crippen MR) is 144 cm³/mol. The van der Waals surface area contributed by atoms with Gasteiger partial charge in [0.25, 0.3) is 0 Å². The van der Waals surface area contributed by atoms with Crippen LogP contribution in [0.4, 0.5) is 5.69 Å². The number of amides is 1. The lowest BCUT2D eigenvalue weighted by Crippen LogP contribution is -2.38. The molecule has 0 bridgehead atoms. The van der Waals surface area contributed by atoms with Crippen LogP contribution in [0.15, 0.2) is 73.2 Å². The van der Waals surface area contributed by atoms with Gasteiger partial charge < -0.3 is 20.3 Å². The molecular weight excluding hydrogens is 450 g/mol. The summed E-state index contributed by atoms with van der Waals surface area (Å²) in [6, 6.07) is 17.5. The van der Waals surface area contributed by atoms with Gasteiger partial charge in [-0.05, 0) is 60.7 Å². The third-order valence-electron chi connectivity index (χ3n) is 6.21. The number of carbonyl (C=O) groups excluding carboxylic acids is 2. The Labute approximate surface area is 214 Å². The molecule has 7 heteroatoms. The third kappa shape index (κ3) is 7.71. The van der Waals surface area contributed by atoms with Crippen LogP contribution in [0.1, 0.15) is 56.5 Å². The van der Waals surface area contributed by atoms with Crippen molar-refractivity contribution in [1.29, 1.82) is 0 Å². The molecule has 1 aliphatic rings. The smallest absolute Gasteiger partial charge is 0.247 e. The number of aldehydes is 1. The Morgan fingerprint density at radius 1 is 1.14 bits per heavy atom. The SMILES string of the molecule is CN(c1ccc(C(C)(C)C)cc1)C(C(=O)NCc1ccccn1)c1cccnc1.O=CC1CCCN1. The van der Waals surface area contributed by atoms with Crippen molar-refractivity contribution in [2.75, 3.05) is 18.5 Å². The zero-order valence-electron chi connectivity index (χ0n) is 21.6. The summed E-state index contributed by atoms with van der Waals surface area (Å²) >= 11 is 0. The van der Waals surface area contributed by atoms with E-state index in [0.29, 0.717) is 6.54 Å². The van der Waals surface area contributed by atoms with Crippen molar-refractivity contribution in [2.24, 2.45) is 0 Å². The maximum absolute atomic E-state index is 13.1. The molecule has 2 aromatic heterocycles. The summed E-state index contributed by atoms with van der Waals surface area (Å²) < 4.78 is 0. The predicted octanol–water partition coefficient (Wildman–Crippen LogP) is 4.21. The van der Waals surface area contributed by atoms with Gasteiger partial charge in [0.15, 0.2) is 0 Å². The standard InChI is InChI=1S/C24H28N4O.C5H9NO/c1-24(2,3)19-10-12-21(13-11-19)28(4)22(18-8-7-14-25-16-18)23(29)27-17-20-9-5-6-15-26-20;7-4-5-2-1-3-6-5/h5-16,22H,17H2,1-4H3,(H,27,29);4-6H,1-3H2. The van der Waals surface area contributed by atoms with Crippen LogP contribution in [0.3, 0.4) is 0 Å². The van der Waals surface area contributed by atoms with E-state index in [1.807, 2.05) is 42.3 Å². The summed E-state index contributed by atoms with van der Waals surface area (Å²) in [6.45, 7) is 7.97. The Hall–Kier alpha value is -3.58. The minimum atomic E-state index is -0.493. The van der Waals surface area contributed by atoms with Gasteiger partial charge in [-0.2, -0.15) is 0 Å². The molecule has 1 aliphatic heterocycles. The van der Waals surface area contributed by atoms with Crippen molar-refractivity contribution in [1.82, 2.24) is 20.6 Å². The monoisotopic (exact) mass is 487 g/mol. The van der Waals surface area contributed by atoms with E-state index in [1.165, 1.54) is 5.56 Å². The summed E-state index contributed by atoms with van der Waals surface area (Å²) in [7, 11) is 1.93.